The van der Waals surface area contributed by atoms with Gasteiger partial charge in [-0.15, -0.1) is 0 Å². The highest BCUT2D eigenvalue weighted by molar-refractivity contribution is 5.97. The van der Waals surface area contributed by atoms with Gasteiger partial charge in [0, 0.05) is 23.1 Å². The molecule has 2 unspecified atom stereocenters. The van der Waals surface area contributed by atoms with Crippen molar-refractivity contribution in [2.75, 3.05) is 18.5 Å². The molecule has 2 aliphatic rings. The quantitative estimate of drug-likeness (QED) is 0.355. The van der Waals surface area contributed by atoms with Crippen LogP contribution < -0.4 is 10.1 Å². The van der Waals surface area contributed by atoms with Crippen molar-refractivity contribution in [3.63, 3.8) is 0 Å². The normalized spacial score (nSPS) is 20.9. The third-order valence-electron chi connectivity index (χ3n) is 8.10. The van der Waals surface area contributed by atoms with E-state index in [1.165, 1.54) is 12.1 Å². The highest BCUT2D eigenvalue weighted by Crippen LogP contribution is 2.65. The summed E-state index contributed by atoms with van der Waals surface area (Å²) >= 11 is 0. The molecule has 1 N–H and O–H groups in total. The second kappa shape index (κ2) is 10.9. The Hall–Kier alpha value is -4.18. The first kappa shape index (κ1) is 26.4. The molecule has 1 amide bonds. The molecule has 5 rings (SSSR count). The van der Waals surface area contributed by atoms with Gasteiger partial charge in [-0.3, -0.25) is 9.59 Å². The Morgan fingerprint density at radius 1 is 1.13 bits per heavy atom. The number of benzene rings is 3. The summed E-state index contributed by atoms with van der Waals surface area (Å²) in [6.07, 6.45) is 2.16. The third-order valence-corrected chi connectivity index (χ3v) is 8.10. The molecule has 1 fully saturated rings. The predicted octanol–water partition coefficient (Wildman–Crippen LogP) is 6.18. The van der Waals surface area contributed by atoms with Crippen molar-refractivity contribution in [2.24, 2.45) is 11.8 Å². The van der Waals surface area contributed by atoms with Crippen molar-refractivity contribution in [2.45, 2.75) is 44.9 Å². The highest BCUT2D eigenvalue weighted by atomic mass is 19.1. The molecule has 0 radical (unpaired) electrons. The number of hydrogen-bond acceptors (Lipinski definition) is 5. The monoisotopic (exact) mass is 526 g/mol. The van der Waals surface area contributed by atoms with Gasteiger partial charge in [0.2, 0.25) is 5.91 Å². The van der Waals surface area contributed by atoms with Gasteiger partial charge in [0.05, 0.1) is 30.8 Å². The lowest BCUT2D eigenvalue weighted by molar-refractivity contribution is -0.143. The predicted molar refractivity (Wildman–Crippen MR) is 146 cm³/mol. The van der Waals surface area contributed by atoms with E-state index >= 15 is 0 Å². The summed E-state index contributed by atoms with van der Waals surface area (Å²) in [6, 6.07) is 19.8. The van der Waals surface area contributed by atoms with Crippen LogP contribution in [0.15, 0.2) is 60.7 Å². The van der Waals surface area contributed by atoms with Crippen molar-refractivity contribution in [3.05, 3.63) is 83.2 Å². The molecule has 1 heterocycles. The SMILES string of the molecule is CCOC(=O)CCCc1ccc(C#N)cc1NC(=O)C1C(C)[C@]12CCOc1ccc(-c3ccc(F)cc3)cc12. The van der Waals surface area contributed by atoms with Gasteiger partial charge in [0.25, 0.3) is 0 Å². The lowest BCUT2D eigenvalue weighted by atomic mass is 9.84. The molecule has 1 aliphatic heterocycles. The summed E-state index contributed by atoms with van der Waals surface area (Å²) in [6.45, 7) is 4.74. The van der Waals surface area contributed by atoms with Gasteiger partial charge in [0.15, 0.2) is 0 Å². The number of rotatable bonds is 8. The van der Waals surface area contributed by atoms with Crippen LogP contribution in [0, 0.1) is 29.0 Å². The number of nitrogens with zero attached hydrogens (tertiary/aromatic N) is 1. The molecule has 0 saturated heterocycles. The Kier molecular flexibility index (Phi) is 7.38. The van der Waals surface area contributed by atoms with E-state index in [1.807, 2.05) is 18.2 Å². The Labute approximate surface area is 227 Å². The van der Waals surface area contributed by atoms with Crippen LogP contribution in [0.1, 0.15) is 49.8 Å². The minimum Gasteiger partial charge on any atom is -0.493 e. The number of halogens is 1. The number of ether oxygens (including phenoxy) is 2. The highest BCUT2D eigenvalue weighted by Gasteiger charge is 2.67. The maximum absolute atomic E-state index is 13.7. The Balaban J connectivity index is 1.38. The zero-order valence-corrected chi connectivity index (χ0v) is 22.1. The summed E-state index contributed by atoms with van der Waals surface area (Å²) in [5.41, 5.74) is 4.42. The van der Waals surface area contributed by atoms with Gasteiger partial charge in [-0.25, -0.2) is 4.39 Å². The molecule has 0 bridgehead atoms. The molecule has 200 valence electrons. The number of amides is 1. The van der Waals surface area contributed by atoms with Crippen LogP contribution in [0.2, 0.25) is 0 Å². The zero-order chi connectivity index (χ0) is 27.6. The number of carbonyl (C=O) groups excluding carboxylic acids is 2. The molecule has 39 heavy (non-hydrogen) atoms. The Morgan fingerprint density at radius 2 is 1.90 bits per heavy atom. The molecule has 1 spiro atoms. The molecule has 3 atom stereocenters. The average molecular weight is 527 g/mol. The van der Waals surface area contributed by atoms with Crippen LogP contribution in [0.5, 0.6) is 5.75 Å². The second-order valence-corrected chi connectivity index (χ2v) is 10.3. The van der Waals surface area contributed by atoms with Crippen molar-refractivity contribution < 1.29 is 23.5 Å². The van der Waals surface area contributed by atoms with E-state index in [2.05, 4.69) is 24.4 Å². The van der Waals surface area contributed by atoms with Crippen molar-refractivity contribution in [1.29, 1.82) is 5.26 Å². The van der Waals surface area contributed by atoms with E-state index in [1.54, 1.807) is 31.2 Å². The topological polar surface area (TPSA) is 88.4 Å². The fraction of sp³-hybridized carbons (Fsp3) is 0.344. The summed E-state index contributed by atoms with van der Waals surface area (Å²) in [4.78, 5) is 25.5. The van der Waals surface area contributed by atoms with Gasteiger partial charge >= 0.3 is 5.97 Å². The van der Waals surface area contributed by atoms with E-state index in [0.29, 0.717) is 37.3 Å². The van der Waals surface area contributed by atoms with Gasteiger partial charge in [0.1, 0.15) is 11.6 Å². The summed E-state index contributed by atoms with van der Waals surface area (Å²) < 4.78 is 24.5. The standard InChI is InChI=1S/C32H31FN2O4/c1-3-38-29(36)6-4-5-23-8-7-21(19-34)17-27(23)35-31(37)30-20(2)32(30)15-16-39-28-14-11-24(18-26(28)32)22-9-12-25(33)13-10-22/h7-14,17-18,20,30H,3-6,15-16H2,1-2H3,(H,35,37)/t20?,30?,32-/m0/s1. The smallest absolute Gasteiger partial charge is 0.305 e. The number of nitriles is 1. The van der Waals surface area contributed by atoms with E-state index in [-0.39, 0.29) is 41.4 Å². The van der Waals surface area contributed by atoms with Gasteiger partial charge < -0.3 is 14.8 Å². The molecule has 3 aromatic rings. The van der Waals surface area contributed by atoms with E-state index in [9.17, 15) is 19.2 Å². The fourth-order valence-corrected chi connectivity index (χ4v) is 6.04. The van der Waals surface area contributed by atoms with Crippen LogP contribution in [0.25, 0.3) is 11.1 Å². The summed E-state index contributed by atoms with van der Waals surface area (Å²) in [5.74, 6) is -0.0186. The number of carbonyl (C=O) groups is 2. The molecule has 7 heteroatoms. The first-order valence-corrected chi connectivity index (χ1v) is 13.4. The van der Waals surface area contributed by atoms with Crippen LogP contribution in [-0.2, 0) is 26.2 Å². The molecule has 3 aromatic carbocycles. The lowest BCUT2D eigenvalue weighted by Crippen LogP contribution is -2.27. The zero-order valence-electron chi connectivity index (χ0n) is 22.1. The third kappa shape index (κ3) is 5.12. The Morgan fingerprint density at radius 3 is 2.64 bits per heavy atom. The van der Waals surface area contributed by atoms with Gasteiger partial charge in [-0.1, -0.05) is 31.2 Å². The van der Waals surface area contributed by atoms with Crippen LogP contribution in [0.4, 0.5) is 10.1 Å². The maximum Gasteiger partial charge on any atom is 0.305 e. The lowest BCUT2D eigenvalue weighted by Gasteiger charge is -2.28. The minimum atomic E-state index is -0.357. The van der Waals surface area contributed by atoms with Gasteiger partial charge in [-0.2, -0.15) is 5.26 Å². The number of hydrogen-bond donors (Lipinski definition) is 1. The molecular weight excluding hydrogens is 495 g/mol. The Bertz CT molecular complexity index is 1450. The second-order valence-electron chi connectivity index (χ2n) is 10.3. The average Bonchev–Trinajstić information content (AvgIpc) is 3.52. The maximum atomic E-state index is 13.7. The fourth-order valence-electron chi connectivity index (χ4n) is 6.04. The first-order chi connectivity index (χ1) is 18.9. The molecule has 1 aliphatic carbocycles. The number of nitrogens with one attached hydrogen (secondary N) is 1. The van der Waals surface area contributed by atoms with Crippen molar-refractivity contribution in [3.8, 4) is 22.9 Å². The number of anilines is 1. The number of fused-ring (bicyclic) bond motifs is 2. The largest absolute Gasteiger partial charge is 0.493 e. The molecule has 6 nitrogen and oxygen atoms in total. The molecular formula is C32H31FN2O4. The van der Waals surface area contributed by atoms with E-state index < -0.39 is 0 Å². The van der Waals surface area contributed by atoms with E-state index in [0.717, 1.165) is 34.4 Å². The van der Waals surface area contributed by atoms with Crippen LogP contribution in [0.3, 0.4) is 0 Å². The van der Waals surface area contributed by atoms with Crippen LogP contribution >= 0.6 is 0 Å². The first-order valence-electron chi connectivity index (χ1n) is 13.4. The van der Waals surface area contributed by atoms with Crippen LogP contribution in [-0.4, -0.2) is 25.1 Å². The van der Waals surface area contributed by atoms with Gasteiger partial charge in [-0.05, 0) is 85.2 Å². The molecule has 0 aromatic heterocycles. The van der Waals surface area contributed by atoms with Crippen molar-refractivity contribution >= 4 is 17.6 Å². The van der Waals surface area contributed by atoms with E-state index in [4.69, 9.17) is 9.47 Å². The molecule has 1 saturated carbocycles. The minimum absolute atomic E-state index is 0.0926. The number of esters is 1. The summed E-state index contributed by atoms with van der Waals surface area (Å²) in [5, 5.41) is 12.6. The number of aryl methyl sites for hydroxylation is 1. The summed E-state index contributed by atoms with van der Waals surface area (Å²) in [7, 11) is 0. The van der Waals surface area contributed by atoms with Crippen molar-refractivity contribution in [1.82, 2.24) is 0 Å².